The second-order valence-electron chi connectivity index (χ2n) is 5.83. The van der Waals surface area contributed by atoms with Crippen LogP contribution in [0, 0.1) is 0 Å². The molecule has 0 aliphatic heterocycles. The second kappa shape index (κ2) is 8.25. The Morgan fingerprint density at radius 3 is 2.58 bits per heavy atom. The van der Waals surface area contributed by atoms with Crippen LogP contribution >= 0.6 is 27.7 Å². The Balaban J connectivity index is 1.68. The minimum Gasteiger partial charge on any atom is -0.496 e. The zero-order valence-corrected chi connectivity index (χ0v) is 16.3. The van der Waals surface area contributed by atoms with E-state index in [9.17, 15) is 0 Å². The smallest absolute Gasteiger partial charge is 0.276 e. The third-order valence-corrected chi connectivity index (χ3v) is 5.77. The largest absolute Gasteiger partial charge is 0.496 e. The van der Waals surface area contributed by atoms with Gasteiger partial charge < -0.3 is 13.9 Å². The highest BCUT2D eigenvalue weighted by Gasteiger charge is 2.21. The molecular weight excluding hydrogens is 392 g/mol. The van der Waals surface area contributed by atoms with Crippen LogP contribution in [0.4, 0.5) is 0 Å². The molecule has 130 valence electrons. The number of thioether (sulfide) groups is 1. The van der Waals surface area contributed by atoms with Crippen molar-refractivity contribution in [1.29, 1.82) is 0 Å². The van der Waals surface area contributed by atoms with Crippen LogP contribution < -0.4 is 9.47 Å². The van der Waals surface area contributed by atoms with Gasteiger partial charge in [-0.3, -0.25) is 0 Å². The molecule has 1 aliphatic carbocycles. The van der Waals surface area contributed by atoms with E-state index in [2.05, 4.69) is 26.1 Å². The highest BCUT2D eigenvalue weighted by atomic mass is 79.9. The monoisotopic (exact) mass is 412 g/mol. The first-order chi connectivity index (χ1) is 11.7. The quantitative estimate of drug-likeness (QED) is 0.608. The predicted octanol–water partition coefficient (Wildman–Crippen LogP) is 5.19. The summed E-state index contributed by atoms with van der Waals surface area (Å²) in [6.45, 7) is 0. The van der Waals surface area contributed by atoms with Crippen molar-refractivity contribution in [2.45, 2.75) is 49.0 Å². The third kappa shape index (κ3) is 4.06. The molecule has 0 N–H and O–H groups in total. The average Bonchev–Trinajstić information content (AvgIpc) is 3.10. The van der Waals surface area contributed by atoms with E-state index >= 15 is 0 Å². The molecule has 0 radical (unpaired) electrons. The maximum absolute atomic E-state index is 5.86. The normalized spacial score (nSPS) is 15.5. The number of methoxy groups -OCH3 is 2. The van der Waals surface area contributed by atoms with Crippen molar-refractivity contribution in [3.8, 4) is 11.5 Å². The lowest BCUT2D eigenvalue weighted by atomic mass is 9.89. The van der Waals surface area contributed by atoms with E-state index in [1.54, 1.807) is 14.2 Å². The van der Waals surface area contributed by atoms with Gasteiger partial charge in [0.2, 0.25) is 5.89 Å². The summed E-state index contributed by atoms with van der Waals surface area (Å²) in [4.78, 5) is 0. The molecule has 1 fully saturated rings. The Kier molecular flexibility index (Phi) is 6.05. The molecule has 3 rings (SSSR count). The zero-order chi connectivity index (χ0) is 16.9. The first kappa shape index (κ1) is 17.6. The van der Waals surface area contributed by atoms with Crippen molar-refractivity contribution in [3.63, 3.8) is 0 Å². The van der Waals surface area contributed by atoms with Crippen molar-refractivity contribution >= 4 is 27.7 Å². The van der Waals surface area contributed by atoms with Crippen LogP contribution in [-0.4, -0.2) is 24.4 Å². The van der Waals surface area contributed by atoms with E-state index in [0.29, 0.717) is 16.9 Å². The van der Waals surface area contributed by atoms with Gasteiger partial charge in [0.15, 0.2) is 0 Å². The highest BCUT2D eigenvalue weighted by molar-refractivity contribution is 9.10. The molecule has 1 aliphatic rings. The second-order valence-corrected chi connectivity index (χ2v) is 7.61. The topological polar surface area (TPSA) is 57.4 Å². The number of hydrogen-bond acceptors (Lipinski definition) is 6. The molecule has 0 atom stereocenters. The Labute approximate surface area is 154 Å². The molecule has 5 nitrogen and oxygen atoms in total. The summed E-state index contributed by atoms with van der Waals surface area (Å²) in [6.07, 6.45) is 6.14. The van der Waals surface area contributed by atoms with E-state index in [1.165, 1.54) is 31.0 Å². The molecule has 2 aromatic rings. The minimum atomic E-state index is 0.433. The molecule has 0 bridgehead atoms. The SMILES string of the molecule is COc1cc(CSc2nnc(C3CCCCC3)o2)c(OC)cc1Br. The molecule has 24 heavy (non-hydrogen) atoms. The third-order valence-electron chi connectivity index (χ3n) is 4.28. The molecule has 0 unspecified atom stereocenters. The summed E-state index contributed by atoms with van der Waals surface area (Å²) in [5.74, 6) is 3.49. The van der Waals surface area contributed by atoms with E-state index in [1.807, 2.05) is 12.1 Å². The number of benzene rings is 1. The summed E-state index contributed by atoms with van der Waals surface area (Å²) in [5.41, 5.74) is 1.03. The molecular formula is C17H21BrN2O3S. The average molecular weight is 413 g/mol. The molecule has 1 saturated carbocycles. The van der Waals surface area contributed by atoms with Crippen molar-refractivity contribution in [2.24, 2.45) is 0 Å². The lowest BCUT2D eigenvalue weighted by Gasteiger charge is -2.17. The van der Waals surface area contributed by atoms with Gasteiger partial charge in [-0.2, -0.15) is 0 Å². The van der Waals surface area contributed by atoms with Gasteiger partial charge in [-0.05, 0) is 40.9 Å². The fraction of sp³-hybridized carbons (Fsp3) is 0.529. The van der Waals surface area contributed by atoms with Crippen molar-refractivity contribution in [1.82, 2.24) is 10.2 Å². The Morgan fingerprint density at radius 2 is 1.88 bits per heavy atom. The predicted molar refractivity (Wildman–Crippen MR) is 96.9 cm³/mol. The van der Waals surface area contributed by atoms with Gasteiger partial charge in [0.1, 0.15) is 11.5 Å². The molecule has 0 amide bonds. The molecule has 0 spiro atoms. The fourth-order valence-electron chi connectivity index (χ4n) is 2.97. The highest BCUT2D eigenvalue weighted by Crippen LogP contribution is 2.37. The Bertz CT molecular complexity index is 686. The van der Waals surface area contributed by atoms with Crippen LogP contribution in [0.25, 0.3) is 0 Å². The molecule has 1 aromatic carbocycles. The first-order valence-electron chi connectivity index (χ1n) is 8.08. The lowest BCUT2D eigenvalue weighted by molar-refractivity contribution is 0.334. The van der Waals surface area contributed by atoms with Gasteiger partial charge in [-0.15, -0.1) is 10.2 Å². The van der Waals surface area contributed by atoms with Crippen LogP contribution in [0.3, 0.4) is 0 Å². The van der Waals surface area contributed by atoms with Crippen molar-refractivity contribution in [2.75, 3.05) is 14.2 Å². The zero-order valence-electron chi connectivity index (χ0n) is 13.9. The standard InChI is InChI=1S/C17H21BrN2O3S/c1-21-14-9-13(18)15(22-2)8-12(14)10-24-17-20-19-16(23-17)11-6-4-3-5-7-11/h8-9,11H,3-7,10H2,1-2H3. The molecule has 0 saturated heterocycles. The summed E-state index contributed by atoms with van der Waals surface area (Å²) >= 11 is 4.99. The minimum absolute atomic E-state index is 0.433. The van der Waals surface area contributed by atoms with E-state index in [-0.39, 0.29) is 0 Å². The van der Waals surface area contributed by atoms with Gasteiger partial charge in [-0.1, -0.05) is 31.0 Å². The number of ether oxygens (including phenoxy) is 2. The Hall–Kier alpha value is -1.21. The number of aromatic nitrogens is 2. The van der Waals surface area contributed by atoms with E-state index in [4.69, 9.17) is 13.9 Å². The fourth-order valence-corrected chi connectivity index (χ4v) is 4.20. The van der Waals surface area contributed by atoms with Crippen LogP contribution in [-0.2, 0) is 5.75 Å². The van der Waals surface area contributed by atoms with Gasteiger partial charge in [0, 0.05) is 17.2 Å². The summed E-state index contributed by atoms with van der Waals surface area (Å²) in [7, 11) is 3.31. The van der Waals surface area contributed by atoms with Gasteiger partial charge in [0.25, 0.3) is 5.22 Å². The van der Waals surface area contributed by atoms with E-state index < -0.39 is 0 Å². The van der Waals surface area contributed by atoms with Gasteiger partial charge >= 0.3 is 0 Å². The maximum Gasteiger partial charge on any atom is 0.276 e. The number of rotatable bonds is 6. The van der Waals surface area contributed by atoms with Crippen LogP contribution in [0.15, 0.2) is 26.2 Å². The molecule has 7 heteroatoms. The number of hydrogen-bond donors (Lipinski definition) is 0. The lowest BCUT2D eigenvalue weighted by Crippen LogP contribution is -2.04. The number of halogens is 1. The molecule has 1 heterocycles. The molecule has 1 aromatic heterocycles. The van der Waals surface area contributed by atoms with Crippen LogP contribution in [0.5, 0.6) is 11.5 Å². The van der Waals surface area contributed by atoms with Crippen molar-refractivity contribution < 1.29 is 13.9 Å². The summed E-state index contributed by atoms with van der Waals surface area (Å²) in [5, 5.41) is 9.04. The maximum atomic E-state index is 5.86. The summed E-state index contributed by atoms with van der Waals surface area (Å²) in [6, 6.07) is 3.88. The van der Waals surface area contributed by atoms with Crippen molar-refractivity contribution in [3.05, 3.63) is 28.1 Å². The van der Waals surface area contributed by atoms with Gasteiger partial charge in [0.05, 0.1) is 18.7 Å². The van der Waals surface area contributed by atoms with E-state index in [0.717, 1.165) is 40.3 Å². The number of nitrogens with zero attached hydrogens (tertiary/aromatic N) is 2. The van der Waals surface area contributed by atoms with Crippen LogP contribution in [0.1, 0.15) is 49.5 Å². The van der Waals surface area contributed by atoms with Gasteiger partial charge in [-0.25, -0.2) is 0 Å². The van der Waals surface area contributed by atoms with Crippen LogP contribution in [0.2, 0.25) is 0 Å². The first-order valence-corrected chi connectivity index (χ1v) is 9.85. The Morgan fingerprint density at radius 1 is 1.12 bits per heavy atom. The summed E-state index contributed by atoms with van der Waals surface area (Å²) < 4.78 is 17.5.